The second-order valence-electron chi connectivity index (χ2n) is 3.22. The maximum Gasteiger partial charge on any atom is 0.234 e. The maximum absolute atomic E-state index is 11.1. The third kappa shape index (κ3) is 7.46. The molecule has 0 aliphatic heterocycles. The van der Waals surface area contributed by atoms with Gasteiger partial charge in [0.05, 0.1) is 13.1 Å². The fraction of sp³-hybridized carbons (Fsp3) is 0.778. The molecule has 4 heteroatoms. The SMILES string of the molecule is CCCNC(=O)CN(C)CC(C)=O. The molecule has 0 aliphatic carbocycles. The van der Waals surface area contributed by atoms with Crippen LogP contribution in [-0.2, 0) is 9.59 Å². The first kappa shape index (κ1) is 12.1. The molecule has 13 heavy (non-hydrogen) atoms. The summed E-state index contributed by atoms with van der Waals surface area (Å²) in [6.45, 7) is 4.84. The number of hydrogen-bond acceptors (Lipinski definition) is 3. The van der Waals surface area contributed by atoms with Gasteiger partial charge < -0.3 is 5.32 Å². The van der Waals surface area contributed by atoms with E-state index in [4.69, 9.17) is 0 Å². The van der Waals surface area contributed by atoms with Crippen LogP contribution in [0.3, 0.4) is 0 Å². The largest absolute Gasteiger partial charge is 0.355 e. The Kier molecular flexibility index (Phi) is 6.14. The van der Waals surface area contributed by atoms with Crippen LogP contribution in [0.15, 0.2) is 0 Å². The smallest absolute Gasteiger partial charge is 0.234 e. The minimum Gasteiger partial charge on any atom is -0.355 e. The molecule has 0 aromatic rings. The van der Waals surface area contributed by atoms with E-state index < -0.39 is 0 Å². The summed E-state index contributed by atoms with van der Waals surface area (Å²) in [6.07, 6.45) is 0.933. The van der Waals surface area contributed by atoms with Gasteiger partial charge in [0.2, 0.25) is 5.91 Å². The van der Waals surface area contributed by atoms with Gasteiger partial charge in [-0.2, -0.15) is 0 Å². The van der Waals surface area contributed by atoms with Crippen molar-refractivity contribution in [3.05, 3.63) is 0 Å². The number of hydrogen-bond donors (Lipinski definition) is 1. The molecule has 76 valence electrons. The second-order valence-corrected chi connectivity index (χ2v) is 3.22. The molecule has 0 rings (SSSR count). The Hall–Kier alpha value is -0.900. The molecule has 0 aromatic heterocycles. The van der Waals surface area contributed by atoms with Gasteiger partial charge in [-0.25, -0.2) is 0 Å². The molecule has 0 bridgehead atoms. The number of rotatable bonds is 6. The van der Waals surface area contributed by atoms with E-state index in [1.165, 1.54) is 6.92 Å². The quantitative estimate of drug-likeness (QED) is 0.637. The van der Waals surface area contributed by atoms with Crippen molar-refractivity contribution in [2.45, 2.75) is 20.3 Å². The van der Waals surface area contributed by atoms with Gasteiger partial charge in [-0.1, -0.05) is 6.92 Å². The monoisotopic (exact) mass is 186 g/mol. The van der Waals surface area contributed by atoms with Crippen molar-refractivity contribution >= 4 is 11.7 Å². The second kappa shape index (κ2) is 6.60. The average Bonchev–Trinajstić information content (AvgIpc) is 1.98. The Morgan fingerprint density at radius 2 is 1.92 bits per heavy atom. The van der Waals surface area contributed by atoms with Crippen LogP contribution in [0, 0.1) is 0 Å². The zero-order valence-electron chi connectivity index (χ0n) is 8.59. The Morgan fingerprint density at radius 3 is 2.38 bits per heavy atom. The molecule has 0 fully saturated rings. The highest BCUT2D eigenvalue weighted by Gasteiger charge is 2.06. The number of Topliss-reactive ketones (excluding diaryl/α,β-unsaturated/α-hetero) is 1. The fourth-order valence-electron chi connectivity index (χ4n) is 1.00. The molecule has 0 unspecified atom stereocenters. The minimum absolute atomic E-state index is 0.0226. The third-order valence-electron chi connectivity index (χ3n) is 1.48. The molecule has 0 saturated heterocycles. The van der Waals surface area contributed by atoms with E-state index in [1.54, 1.807) is 11.9 Å². The molecule has 0 saturated carbocycles. The van der Waals surface area contributed by atoms with Gasteiger partial charge in [0.1, 0.15) is 5.78 Å². The Labute approximate surface area is 79.3 Å². The van der Waals surface area contributed by atoms with Crippen LogP contribution in [0.5, 0.6) is 0 Å². The number of nitrogens with zero attached hydrogens (tertiary/aromatic N) is 1. The lowest BCUT2D eigenvalue weighted by Gasteiger charge is -2.13. The van der Waals surface area contributed by atoms with Crippen molar-refractivity contribution in [3.8, 4) is 0 Å². The van der Waals surface area contributed by atoms with Gasteiger partial charge >= 0.3 is 0 Å². The summed E-state index contributed by atoms with van der Waals surface area (Å²) in [6, 6.07) is 0. The van der Waals surface area contributed by atoms with E-state index in [9.17, 15) is 9.59 Å². The van der Waals surface area contributed by atoms with Crippen LogP contribution in [0.2, 0.25) is 0 Å². The summed E-state index contributed by atoms with van der Waals surface area (Å²) in [5.74, 6) is 0.0522. The standard InChI is InChI=1S/C9H18N2O2/c1-4-5-10-9(13)7-11(3)6-8(2)12/h4-7H2,1-3H3,(H,10,13). The van der Waals surface area contributed by atoms with Crippen LogP contribution < -0.4 is 5.32 Å². The highest BCUT2D eigenvalue weighted by molar-refractivity contribution is 5.80. The molecular weight excluding hydrogens is 168 g/mol. The summed E-state index contributed by atoms with van der Waals surface area (Å²) in [5.41, 5.74) is 0. The molecular formula is C9H18N2O2. The molecule has 0 spiro atoms. The van der Waals surface area contributed by atoms with Gasteiger partial charge in [-0.05, 0) is 20.4 Å². The predicted octanol–water partition coefficient (Wildman–Crippen LogP) is 0.0334. The van der Waals surface area contributed by atoms with Crippen LogP contribution >= 0.6 is 0 Å². The molecule has 0 radical (unpaired) electrons. The van der Waals surface area contributed by atoms with Crippen LogP contribution in [0.1, 0.15) is 20.3 Å². The summed E-state index contributed by atoms with van der Waals surface area (Å²) < 4.78 is 0. The Morgan fingerprint density at radius 1 is 1.31 bits per heavy atom. The van der Waals surface area contributed by atoms with E-state index in [2.05, 4.69) is 5.32 Å². The molecule has 1 amide bonds. The third-order valence-corrected chi connectivity index (χ3v) is 1.48. The van der Waals surface area contributed by atoms with E-state index in [1.807, 2.05) is 6.92 Å². The van der Waals surface area contributed by atoms with Gasteiger partial charge in [-0.3, -0.25) is 14.5 Å². The van der Waals surface area contributed by atoms with E-state index in [-0.39, 0.29) is 11.7 Å². The molecule has 4 nitrogen and oxygen atoms in total. The summed E-state index contributed by atoms with van der Waals surface area (Å²) >= 11 is 0. The van der Waals surface area contributed by atoms with Crippen LogP contribution in [0.25, 0.3) is 0 Å². The van der Waals surface area contributed by atoms with Gasteiger partial charge in [0.15, 0.2) is 0 Å². The summed E-state index contributed by atoms with van der Waals surface area (Å²) in [4.78, 5) is 23.5. The lowest BCUT2D eigenvalue weighted by molar-refractivity contribution is -0.123. The number of amides is 1. The zero-order chi connectivity index (χ0) is 10.3. The summed E-state index contributed by atoms with van der Waals surface area (Å²) in [5, 5.41) is 2.74. The van der Waals surface area contributed by atoms with Crippen molar-refractivity contribution in [1.82, 2.24) is 10.2 Å². The normalized spacial score (nSPS) is 10.2. The number of likely N-dealkylation sites (N-methyl/N-ethyl adjacent to an activating group) is 1. The van der Waals surface area contributed by atoms with E-state index in [0.29, 0.717) is 19.6 Å². The number of nitrogens with one attached hydrogen (secondary N) is 1. The predicted molar refractivity (Wildman–Crippen MR) is 51.5 cm³/mol. The number of carbonyl (C=O) groups excluding carboxylic acids is 2. The first-order valence-corrected chi connectivity index (χ1v) is 4.51. The topological polar surface area (TPSA) is 49.4 Å². The highest BCUT2D eigenvalue weighted by Crippen LogP contribution is 1.83. The van der Waals surface area contributed by atoms with E-state index in [0.717, 1.165) is 6.42 Å². The molecule has 0 aliphatic rings. The van der Waals surface area contributed by atoms with Gasteiger partial charge in [0, 0.05) is 6.54 Å². The van der Waals surface area contributed by atoms with E-state index >= 15 is 0 Å². The van der Waals surface area contributed by atoms with Crippen LogP contribution in [-0.4, -0.2) is 43.3 Å². The number of carbonyl (C=O) groups is 2. The molecule has 0 heterocycles. The highest BCUT2D eigenvalue weighted by atomic mass is 16.2. The van der Waals surface area contributed by atoms with Crippen molar-refractivity contribution in [2.24, 2.45) is 0 Å². The van der Waals surface area contributed by atoms with Gasteiger partial charge in [-0.15, -0.1) is 0 Å². The fourth-order valence-corrected chi connectivity index (χ4v) is 1.00. The van der Waals surface area contributed by atoms with Crippen molar-refractivity contribution in [1.29, 1.82) is 0 Å². The molecule has 1 N–H and O–H groups in total. The number of ketones is 1. The van der Waals surface area contributed by atoms with Gasteiger partial charge in [0.25, 0.3) is 0 Å². The van der Waals surface area contributed by atoms with Crippen molar-refractivity contribution in [2.75, 3.05) is 26.7 Å². The molecule has 0 aromatic carbocycles. The van der Waals surface area contributed by atoms with Crippen molar-refractivity contribution < 1.29 is 9.59 Å². The Bertz CT molecular complexity index is 180. The first-order valence-electron chi connectivity index (χ1n) is 4.51. The van der Waals surface area contributed by atoms with Crippen LogP contribution in [0.4, 0.5) is 0 Å². The maximum atomic E-state index is 11.1. The lowest BCUT2D eigenvalue weighted by Crippen LogP contribution is -2.37. The summed E-state index contributed by atoms with van der Waals surface area (Å²) in [7, 11) is 1.76. The lowest BCUT2D eigenvalue weighted by atomic mass is 10.4. The average molecular weight is 186 g/mol. The Balaban J connectivity index is 3.59. The zero-order valence-corrected chi connectivity index (χ0v) is 8.59. The molecule has 0 atom stereocenters. The minimum atomic E-state index is -0.0226. The first-order chi connectivity index (χ1) is 6.06. The van der Waals surface area contributed by atoms with Crippen molar-refractivity contribution in [3.63, 3.8) is 0 Å².